The van der Waals surface area contributed by atoms with Crippen molar-refractivity contribution in [3.63, 3.8) is 0 Å². The van der Waals surface area contributed by atoms with Crippen LogP contribution in [0, 0.1) is 0 Å². The Bertz CT molecular complexity index is 1250. The summed E-state index contributed by atoms with van der Waals surface area (Å²) in [5, 5.41) is 8.90. The quantitative estimate of drug-likeness (QED) is 0.351. The van der Waals surface area contributed by atoms with Crippen LogP contribution >= 0.6 is 11.3 Å². The third-order valence-electron chi connectivity index (χ3n) is 4.81. The van der Waals surface area contributed by atoms with E-state index < -0.39 is 0 Å². The molecule has 0 atom stereocenters. The second-order valence-corrected chi connectivity index (χ2v) is 8.02. The highest BCUT2D eigenvalue weighted by molar-refractivity contribution is 7.22. The fourth-order valence-electron chi connectivity index (χ4n) is 3.16. The highest BCUT2D eigenvalue weighted by Gasteiger charge is 2.15. The molecule has 3 amide bonds. The number of thiazole rings is 1. The van der Waals surface area contributed by atoms with E-state index in [1.165, 1.54) is 24.0 Å². The monoisotopic (exact) mass is 446 g/mol. The molecule has 0 aliphatic rings. The van der Waals surface area contributed by atoms with Gasteiger partial charge >= 0.3 is 6.03 Å². The molecule has 0 saturated carbocycles. The third kappa shape index (κ3) is 4.87. The van der Waals surface area contributed by atoms with Crippen molar-refractivity contribution in [2.45, 2.75) is 13.3 Å². The number of hydrogen-bond acceptors (Lipinski definition) is 5. The Morgan fingerprint density at radius 1 is 0.938 bits per heavy atom. The lowest BCUT2D eigenvalue weighted by Gasteiger charge is -2.10. The Morgan fingerprint density at radius 2 is 1.66 bits per heavy atom. The number of methoxy groups -OCH3 is 1. The molecule has 1 heterocycles. The summed E-state index contributed by atoms with van der Waals surface area (Å²) in [6.07, 6.45) is 0.939. The van der Waals surface area contributed by atoms with Crippen LogP contribution in [0.3, 0.4) is 0 Å². The number of ether oxygens (including phenoxy) is 1. The number of hydrogen-bond donors (Lipinski definition) is 3. The van der Waals surface area contributed by atoms with Crippen molar-refractivity contribution in [2.75, 3.05) is 23.1 Å². The predicted molar refractivity (Wildman–Crippen MR) is 129 cm³/mol. The summed E-state index contributed by atoms with van der Waals surface area (Å²) in [6, 6.07) is 19.8. The van der Waals surface area contributed by atoms with Gasteiger partial charge in [0.05, 0.1) is 11.8 Å². The molecule has 162 valence electrons. The lowest BCUT2D eigenvalue weighted by molar-refractivity contribution is 0.102. The van der Waals surface area contributed by atoms with Gasteiger partial charge in [-0.1, -0.05) is 48.6 Å². The molecule has 0 spiro atoms. The van der Waals surface area contributed by atoms with Crippen molar-refractivity contribution in [1.82, 2.24) is 4.98 Å². The molecule has 1 aromatic heterocycles. The first kappa shape index (κ1) is 21.3. The highest BCUT2D eigenvalue weighted by Crippen LogP contribution is 2.35. The second-order valence-electron chi connectivity index (χ2n) is 6.99. The van der Waals surface area contributed by atoms with Crippen molar-refractivity contribution in [2.24, 2.45) is 0 Å². The summed E-state index contributed by atoms with van der Waals surface area (Å²) in [4.78, 5) is 29.4. The van der Waals surface area contributed by atoms with Gasteiger partial charge in [-0.2, -0.15) is 0 Å². The second kappa shape index (κ2) is 9.49. The van der Waals surface area contributed by atoms with Crippen LogP contribution in [0.25, 0.3) is 10.2 Å². The van der Waals surface area contributed by atoms with Gasteiger partial charge in [0.25, 0.3) is 5.91 Å². The molecular weight excluding hydrogens is 424 g/mol. The van der Waals surface area contributed by atoms with E-state index in [2.05, 4.69) is 27.9 Å². The summed E-state index contributed by atoms with van der Waals surface area (Å²) in [5.74, 6) is 0.261. The number of fused-ring (bicyclic) bond motifs is 1. The summed E-state index contributed by atoms with van der Waals surface area (Å²) >= 11 is 1.30. The van der Waals surface area contributed by atoms with Crippen LogP contribution in [0.4, 0.5) is 21.3 Å². The molecule has 4 aromatic rings. The maximum Gasteiger partial charge on any atom is 0.323 e. The van der Waals surface area contributed by atoms with Gasteiger partial charge in [-0.25, -0.2) is 9.78 Å². The van der Waals surface area contributed by atoms with Gasteiger partial charge in [0.2, 0.25) is 0 Å². The number of rotatable bonds is 6. The Kier molecular flexibility index (Phi) is 6.32. The van der Waals surface area contributed by atoms with Crippen molar-refractivity contribution in [3.05, 3.63) is 77.9 Å². The van der Waals surface area contributed by atoms with Crippen LogP contribution < -0.4 is 20.7 Å². The molecule has 7 nitrogen and oxygen atoms in total. The number of carbonyl (C=O) groups is 2. The predicted octanol–water partition coefficient (Wildman–Crippen LogP) is 5.76. The van der Waals surface area contributed by atoms with E-state index in [1.807, 2.05) is 30.3 Å². The number of aromatic nitrogens is 1. The minimum atomic E-state index is -0.363. The lowest BCUT2D eigenvalue weighted by atomic mass is 10.1. The first-order chi connectivity index (χ1) is 15.6. The van der Waals surface area contributed by atoms with Crippen LogP contribution in [0.1, 0.15) is 22.8 Å². The largest absolute Gasteiger partial charge is 0.494 e. The molecule has 4 rings (SSSR count). The topological polar surface area (TPSA) is 92.3 Å². The molecule has 0 unspecified atom stereocenters. The molecule has 32 heavy (non-hydrogen) atoms. The van der Waals surface area contributed by atoms with E-state index in [0.717, 1.165) is 11.1 Å². The van der Waals surface area contributed by atoms with Gasteiger partial charge in [-0.15, -0.1) is 0 Å². The van der Waals surface area contributed by atoms with Crippen LogP contribution in [-0.2, 0) is 6.42 Å². The molecule has 0 radical (unpaired) electrons. The van der Waals surface area contributed by atoms with E-state index in [0.29, 0.717) is 33.3 Å². The molecule has 3 N–H and O–H groups in total. The van der Waals surface area contributed by atoms with Gasteiger partial charge in [0, 0.05) is 23.0 Å². The van der Waals surface area contributed by atoms with E-state index in [4.69, 9.17) is 4.74 Å². The number of nitrogens with zero attached hydrogens (tertiary/aromatic N) is 1. The zero-order chi connectivity index (χ0) is 22.5. The van der Waals surface area contributed by atoms with Gasteiger partial charge in [-0.05, 0) is 42.3 Å². The highest BCUT2D eigenvalue weighted by atomic mass is 32.1. The average molecular weight is 447 g/mol. The Morgan fingerprint density at radius 3 is 2.34 bits per heavy atom. The number of anilines is 3. The van der Waals surface area contributed by atoms with Crippen molar-refractivity contribution in [1.29, 1.82) is 0 Å². The van der Waals surface area contributed by atoms with E-state index in [9.17, 15) is 9.59 Å². The summed E-state index contributed by atoms with van der Waals surface area (Å²) in [5.41, 5.74) is 3.62. The molecule has 0 aliphatic carbocycles. The number of carbonyl (C=O) groups excluding carboxylic acids is 2. The van der Waals surface area contributed by atoms with Crippen molar-refractivity contribution < 1.29 is 14.3 Å². The Hall–Kier alpha value is -3.91. The molecule has 0 aliphatic heterocycles. The normalized spacial score (nSPS) is 10.6. The van der Waals surface area contributed by atoms with Crippen molar-refractivity contribution >= 4 is 50.0 Å². The summed E-state index contributed by atoms with van der Waals surface area (Å²) in [7, 11) is 1.54. The zero-order valence-corrected chi connectivity index (χ0v) is 18.5. The maximum absolute atomic E-state index is 12.4. The number of aryl methyl sites for hydroxylation is 1. The zero-order valence-electron chi connectivity index (χ0n) is 17.6. The van der Waals surface area contributed by atoms with Crippen LogP contribution in [-0.4, -0.2) is 24.0 Å². The van der Waals surface area contributed by atoms with E-state index >= 15 is 0 Å². The molecular formula is C24H22N4O3S. The van der Waals surface area contributed by atoms with Gasteiger partial charge in [0.15, 0.2) is 5.13 Å². The molecule has 0 bridgehead atoms. The van der Waals surface area contributed by atoms with E-state index in [1.54, 1.807) is 36.4 Å². The fourth-order valence-corrected chi connectivity index (χ4v) is 4.07. The minimum absolute atomic E-state index is 0.240. The van der Waals surface area contributed by atoms with Gasteiger partial charge in [-0.3, -0.25) is 10.1 Å². The lowest BCUT2D eigenvalue weighted by Crippen LogP contribution is -2.19. The minimum Gasteiger partial charge on any atom is -0.494 e. The maximum atomic E-state index is 12.4. The van der Waals surface area contributed by atoms with Crippen LogP contribution in [0.15, 0.2) is 66.7 Å². The number of urea groups is 1. The first-order valence-electron chi connectivity index (χ1n) is 10.1. The number of nitrogens with one attached hydrogen (secondary N) is 3. The van der Waals surface area contributed by atoms with Crippen molar-refractivity contribution in [3.8, 4) is 5.75 Å². The first-order valence-corrected chi connectivity index (χ1v) is 10.9. The van der Waals surface area contributed by atoms with Gasteiger partial charge in [0.1, 0.15) is 11.3 Å². The smallest absolute Gasteiger partial charge is 0.323 e. The van der Waals surface area contributed by atoms with Crippen LogP contribution in [0.2, 0.25) is 0 Å². The third-order valence-corrected chi connectivity index (χ3v) is 5.73. The fraction of sp³-hybridized carbons (Fsp3) is 0.125. The Labute approximate surface area is 189 Å². The summed E-state index contributed by atoms with van der Waals surface area (Å²) < 4.78 is 6.23. The SMILES string of the molecule is CCc1ccc(NC(=O)Nc2cc(OC)c3nc(NC(=O)c4ccccc4)sc3c2)cc1. The van der Waals surface area contributed by atoms with Crippen LogP contribution in [0.5, 0.6) is 5.75 Å². The van der Waals surface area contributed by atoms with Gasteiger partial charge < -0.3 is 15.4 Å². The molecule has 0 saturated heterocycles. The molecule has 3 aromatic carbocycles. The number of benzene rings is 3. The molecule has 0 fully saturated rings. The number of amides is 3. The molecule has 8 heteroatoms. The standard InChI is InChI=1S/C24H22N4O3S/c1-3-15-9-11-17(12-10-15)25-23(30)26-18-13-19(31-2)21-20(14-18)32-24(27-21)28-22(29)16-7-5-4-6-8-16/h4-14H,3H2,1-2H3,(H2,25,26,30)(H,27,28,29). The average Bonchev–Trinajstić information content (AvgIpc) is 3.21. The van der Waals surface area contributed by atoms with E-state index in [-0.39, 0.29) is 11.9 Å². The summed E-state index contributed by atoms with van der Waals surface area (Å²) in [6.45, 7) is 2.08. The Balaban J connectivity index is 1.51.